The highest BCUT2D eigenvalue weighted by Gasteiger charge is 2.31. The highest BCUT2D eigenvalue weighted by atomic mass is 16.3. The van der Waals surface area contributed by atoms with E-state index in [-0.39, 0.29) is 12.1 Å². The van der Waals surface area contributed by atoms with Crippen molar-refractivity contribution in [3.8, 4) is 0 Å². The van der Waals surface area contributed by atoms with Crippen LogP contribution in [0.3, 0.4) is 0 Å². The summed E-state index contributed by atoms with van der Waals surface area (Å²) in [6, 6.07) is 0.672. The van der Waals surface area contributed by atoms with Crippen LogP contribution < -0.4 is 0 Å². The molecule has 1 fully saturated rings. The monoisotopic (exact) mass is 213 g/mol. The first kappa shape index (κ1) is 13.0. The van der Waals surface area contributed by atoms with E-state index in [2.05, 4.69) is 32.7 Å². The van der Waals surface area contributed by atoms with Crippen molar-refractivity contribution in [1.82, 2.24) is 4.90 Å². The van der Waals surface area contributed by atoms with E-state index in [4.69, 9.17) is 0 Å². The minimum Gasteiger partial charge on any atom is -0.394 e. The van der Waals surface area contributed by atoms with Gasteiger partial charge in [0.15, 0.2) is 0 Å². The highest BCUT2D eigenvalue weighted by molar-refractivity contribution is 4.87. The van der Waals surface area contributed by atoms with E-state index in [9.17, 15) is 5.11 Å². The summed E-state index contributed by atoms with van der Waals surface area (Å²) in [5.74, 6) is 0.903. The van der Waals surface area contributed by atoms with Gasteiger partial charge in [0.2, 0.25) is 0 Å². The summed E-state index contributed by atoms with van der Waals surface area (Å²) in [5, 5.41) is 9.38. The minimum atomic E-state index is -0.0691. The van der Waals surface area contributed by atoms with Crippen molar-refractivity contribution in [2.75, 3.05) is 13.7 Å². The molecular formula is C13H27NO. The third kappa shape index (κ3) is 3.18. The van der Waals surface area contributed by atoms with Crippen molar-refractivity contribution in [2.45, 2.75) is 64.5 Å². The summed E-state index contributed by atoms with van der Waals surface area (Å²) in [6.45, 7) is 6.80. The lowest BCUT2D eigenvalue weighted by Gasteiger charge is -2.43. The summed E-state index contributed by atoms with van der Waals surface area (Å²) < 4.78 is 0. The average molecular weight is 213 g/mol. The van der Waals surface area contributed by atoms with Gasteiger partial charge >= 0.3 is 0 Å². The van der Waals surface area contributed by atoms with Crippen LogP contribution in [0.4, 0.5) is 0 Å². The molecule has 0 saturated heterocycles. The Morgan fingerprint density at radius 2 is 2.00 bits per heavy atom. The normalized spacial score (nSPS) is 28.4. The lowest BCUT2D eigenvalue weighted by atomic mass is 9.82. The molecule has 0 amide bonds. The predicted molar refractivity (Wildman–Crippen MR) is 65.0 cm³/mol. The Labute approximate surface area is 94.7 Å². The van der Waals surface area contributed by atoms with Gasteiger partial charge in [-0.1, -0.05) is 26.2 Å². The van der Waals surface area contributed by atoms with Gasteiger partial charge in [0.25, 0.3) is 0 Å². The first-order chi connectivity index (χ1) is 7.01. The molecule has 15 heavy (non-hydrogen) atoms. The molecule has 0 aromatic carbocycles. The molecule has 2 heteroatoms. The molecule has 0 aromatic heterocycles. The van der Waals surface area contributed by atoms with Gasteiger partial charge in [0.05, 0.1) is 6.61 Å². The molecule has 1 N–H and O–H groups in total. The summed E-state index contributed by atoms with van der Waals surface area (Å²) in [7, 11) is 2.17. The van der Waals surface area contributed by atoms with E-state index in [1.54, 1.807) is 0 Å². The molecule has 1 aliphatic carbocycles. The van der Waals surface area contributed by atoms with Crippen LogP contribution in [0.25, 0.3) is 0 Å². The van der Waals surface area contributed by atoms with Gasteiger partial charge in [-0.2, -0.15) is 0 Å². The molecule has 0 heterocycles. The number of rotatable bonds is 4. The first-order valence-electron chi connectivity index (χ1n) is 6.35. The Morgan fingerprint density at radius 1 is 1.33 bits per heavy atom. The average Bonchev–Trinajstić information content (AvgIpc) is 2.28. The maximum Gasteiger partial charge on any atom is 0.0610 e. The number of hydrogen-bond donors (Lipinski definition) is 1. The SMILES string of the molecule is CCC1CCCC(N(C)C(C)(C)CO)C1. The molecule has 1 aliphatic rings. The number of aliphatic hydroxyl groups excluding tert-OH is 1. The molecule has 90 valence electrons. The quantitative estimate of drug-likeness (QED) is 0.776. The second-order valence-electron chi connectivity index (χ2n) is 5.68. The maximum absolute atomic E-state index is 9.38. The van der Waals surface area contributed by atoms with E-state index in [0.717, 1.165) is 5.92 Å². The van der Waals surface area contributed by atoms with Crippen LogP contribution in [0.5, 0.6) is 0 Å². The standard InChI is InChI=1S/C13H27NO/c1-5-11-7-6-8-12(9-11)14(4)13(2,3)10-15/h11-12,15H,5-10H2,1-4H3. The zero-order chi connectivity index (χ0) is 11.5. The van der Waals surface area contributed by atoms with Crippen LogP contribution in [0.2, 0.25) is 0 Å². The fourth-order valence-electron chi connectivity index (χ4n) is 2.59. The zero-order valence-corrected chi connectivity index (χ0v) is 10.8. The molecular weight excluding hydrogens is 186 g/mol. The fourth-order valence-corrected chi connectivity index (χ4v) is 2.59. The van der Waals surface area contributed by atoms with E-state index >= 15 is 0 Å². The lowest BCUT2D eigenvalue weighted by Crippen LogP contribution is -2.51. The van der Waals surface area contributed by atoms with Crippen molar-refractivity contribution >= 4 is 0 Å². The van der Waals surface area contributed by atoms with Gasteiger partial charge in [-0.25, -0.2) is 0 Å². The van der Waals surface area contributed by atoms with Gasteiger partial charge in [0, 0.05) is 11.6 Å². The molecule has 1 rings (SSSR count). The topological polar surface area (TPSA) is 23.5 Å². The molecule has 0 spiro atoms. The zero-order valence-electron chi connectivity index (χ0n) is 10.8. The number of nitrogens with zero attached hydrogens (tertiary/aromatic N) is 1. The van der Waals surface area contributed by atoms with Crippen molar-refractivity contribution < 1.29 is 5.11 Å². The van der Waals surface area contributed by atoms with Crippen molar-refractivity contribution in [3.63, 3.8) is 0 Å². The van der Waals surface area contributed by atoms with E-state index in [0.29, 0.717) is 6.04 Å². The van der Waals surface area contributed by atoms with Crippen LogP contribution in [-0.2, 0) is 0 Å². The maximum atomic E-state index is 9.38. The Kier molecular flexibility index (Phi) is 4.60. The van der Waals surface area contributed by atoms with Gasteiger partial charge in [-0.15, -0.1) is 0 Å². The van der Waals surface area contributed by atoms with Crippen molar-refractivity contribution in [3.05, 3.63) is 0 Å². The summed E-state index contributed by atoms with van der Waals surface area (Å²) >= 11 is 0. The Morgan fingerprint density at radius 3 is 2.53 bits per heavy atom. The molecule has 2 unspecified atom stereocenters. The van der Waals surface area contributed by atoms with E-state index < -0.39 is 0 Å². The van der Waals surface area contributed by atoms with Crippen LogP contribution in [0.1, 0.15) is 52.9 Å². The van der Waals surface area contributed by atoms with Crippen LogP contribution in [0.15, 0.2) is 0 Å². The molecule has 1 saturated carbocycles. The summed E-state index contributed by atoms with van der Waals surface area (Å²) in [5.41, 5.74) is -0.0691. The molecule has 0 radical (unpaired) electrons. The Hall–Kier alpha value is -0.0800. The second kappa shape index (κ2) is 5.31. The molecule has 0 aliphatic heterocycles. The summed E-state index contributed by atoms with van der Waals surface area (Å²) in [4.78, 5) is 2.38. The van der Waals surface area contributed by atoms with Gasteiger partial charge in [-0.05, 0) is 39.7 Å². The molecule has 2 nitrogen and oxygen atoms in total. The molecule has 0 aromatic rings. The van der Waals surface area contributed by atoms with Crippen LogP contribution in [-0.4, -0.2) is 35.2 Å². The van der Waals surface area contributed by atoms with Crippen molar-refractivity contribution in [1.29, 1.82) is 0 Å². The van der Waals surface area contributed by atoms with Crippen LogP contribution in [0, 0.1) is 5.92 Å². The molecule has 0 bridgehead atoms. The van der Waals surface area contributed by atoms with E-state index in [1.165, 1.54) is 32.1 Å². The fraction of sp³-hybridized carbons (Fsp3) is 1.00. The largest absolute Gasteiger partial charge is 0.394 e. The lowest BCUT2D eigenvalue weighted by molar-refractivity contribution is 0.0224. The minimum absolute atomic E-state index is 0.0691. The van der Waals surface area contributed by atoms with Gasteiger partial charge < -0.3 is 5.11 Å². The first-order valence-corrected chi connectivity index (χ1v) is 6.35. The second-order valence-corrected chi connectivity index (χ2v) is 5.68. The van der Waals surface area contributed by atoms with Gasteiger partial charge in [0.1, 0.15) is 0 Å². The summed E-state index contributed by atoms with van der Waals surface area (Å²) in [6.07, 6.45) is 6.69. The number of hydrogen-bond acceptors (Lipinski definition) is 2. The van der Waals surface area contributed by atoms with Gasteiger partial charge in [-0.3, -0.25) is 4.90 Å². The van der Waals surface area contributed by atoms with E-state index in [1.807, 2.05) is 0 Å². The predicted octanol–water partition coefficient (Wildman–Crippen LogP) is 2.66. The smallest absolute Gasteiger partial charge is 0.0610 e. The molecule has 2 atom stereocenters. The van der Waals surface area contributed by atoms with Crippen LogP contribution >= 0.6 is 0 Å². The highest BCUT2D eigenvalue weighted by Crippen LogP contribution is 2.31. The van der Waals surface area contributed by atoms with Crippen molar-refractivity contribution in [2.24, 2.45) is 5.92 Å². The Balaban J connectivity index is 2.55. The number of likely N-dealkylation sites (N-methyl/N-ethyl adjacent to an activating group) is 1. The Bertz CT molecular complexity index is 191. The third-order valence-corrected chi connectivity index (χ3v) is 4.22. The number of aliphatic hydroxyl groups is 1. The third-order valence-electron chi connectivity index (χ3n) is 4.22.